The molecule has 0 bridgehead atoms. The molecule has 0 radical (unpaired) electrons. The fourth-order valence-electron chi connectivity index (χ4n) is 2.09. The fraction of sp³-hybridized carbons (Fsp3) is 1.00. The molecule has 0 heterocycles. The van der Waals surface area contributed by atoms with Crippen molar-refractivity contribution < 1.29 is 4.74 Å². The Morgan fingerprint density at radius 1 is 1.33 bits per heavy atom. The zero-order valence-electron chi connectivity index (χ0n) is 8.25. The van der Waals surface area contributed by atoms with Crippen LogP contribution < -0.4 is 5.73 Å². The molecular formula is C10H21NO. The molecule has 0 saturated heterocycles. The van der Waals surface area contributed by atoms with E-state index < -0.39 is 0 Å². The molecule has 0 aromatic carbocycles. The van der Waals surface area contributed by atoms with Crippen LogP contribution in [0.15, 0.2) is 0 Å². The molecule has 0 aliphatic heterocycles. The summed E-state index contributed by atoms with van der Waals surface area (Å²) in [6.07, 6.45) is 6.54. The summed E-state index contributed by atoms with van der Waals surface area (Å²) in [6.45, 7) is 2.17. The molecule has 12 heavy (non-hydrogen) atoms. The fourth-order valence-corrected chi connectivity index (χ4v) is 2.09. The van der Waals surface area contributed by atoms with E-state index in [1.807, 2.05) is 7.11 Å². The summed E-state index contributed by atoms with van der Waals surface area (Å²) in [7, 11) is 1.81. The molecule has 1 saturated carbocycles. The molecule has 1 fully saturated rings. The van der Waals surface area contributed by atoms with Crippen LogP contribution in [0, 0.1) is 5.92 Å². The van der Waals surface area contributed by atoms with E-state index in [1.54, 1.807) is 0 Å². The van der Waals surface area contributed by atoms with E-state index in [0.29, 0.717) is 12.1 Å². The molecule has 1 aliphatic carbocycles. The van der Waals surface area contributed by atoms with E-state index in [9.17, 15) is 0 Å². The summed E-state index contributed by atoms with van der Waals surface area (Å²) in [4.78, 5) is 0. The smallest absolute Gasteiger partial charge is 0.0571 e. The lowest BCUT2D eigenvalue weighted by molar-refractivity contribution is 0.0526. The predicted octanol–water partition coefficient (Wildman–Crippen LogP) is 1.93. The van der Waals surface area contributed by atoms with Crippen molar-refractivity contribution in [1.82, 2.24) is 0 Å². The van der Waals surface area contributed by atoms with Crippen LogP contribution >= 0.6 is 0 Å². The second kappa shape index (κ2) is 4.83. The van der Waals surface area contributed by atoms with Gasteiger partial charge in [-0.3, -0.25) is 0 Å². The van der Waals surface area contributed by atoms with Gasteiger partial charge in [-0.25, -0.2) is 0 Å². The summed E-state index contributed by atoms with van der Waals surface area (Å²) in [5.41, 5.74) is 5.99. The highest BCUT2D eigenvalue weighted by Crippen LogP contribution is 2.28. The first-order valence-electron chi connectivity index (χ1n) is 5.06. The quantitative estimate of drug-likeness (QED) is 0.704. The topological polar surface area (TPSA) is 35.2 Å². The van der Waals surface area contributed by atoms with E-state index in [1.165, 1.54) is 25.7 Å². The van der Waals surface area contributed by atoms with Crippen LogP contribution in [-0.4, -0.2) is 19.3 Å². The first kappa shape index (κ1) is 10.0. The van der Waals surface area contributed by atoms with Crippen molar-refractivity contribution in [3.8, 4) is 0 Å². The zero-order valence-corrected chi connectivity index (χ0v) is 8.25. The van der Waals surface area contributed by atoms with Crippen molar-refractivity contribution in [2.45, 2.75) is 51.2 Å². The molecule has 0 spiro atoms. The third kappa shape index (κ3) is 2.46. The third-order valence-electron chi connectivity index (χ3n) is 3.13. The van der Waals surface area contributed by atoms with Crippen LogP contribution in [0.1, 0.15) is 39.0 Å². The standard InChI is InChI=1S/C10H21NO/c1-3-10(11)8-4-6-9(12-2)7-5-8/h8-10H,3-7,11H2,1-2H3. The van der Waals surface area contributed by atoms with E-state index >= 15 is 0 Å². The number of methoxy groups -OCH3 is 1. The van der Waals surface area contributed by atoms with E-state index in [2.05, 4.69) is 6.92 Å². The van der Waals surface area contributed by atoms with Crippen LogP contribution in [0.3, 0.4) is 0 Å². The Bertz CT molecular complexity index is 119. The lowest BCUT2D eigenvalue weighted by Gasteiger charge is -2.30. The highest BCUT2D eigenvalue weighted by atomic mass is 16.5. The van der Waals surface area contributed by atoms with Gasteiger partial charge in [0, 0.05) is 13.2 Å². The second-order valence-corrected chi connectivity index (χ2v) is 3.84. The highest BCUT2D eigenvalue weighted by Gasteiger charge is 2.24. The van der Waals surface area contributed by atoms with Gasteiger partial charge in [-0.05, 0) is 38.0 Å². The average Bonchev–Trinajstić information content (AvgIpc) is 2.17. The zero-order chi connectivity index (χ0) is 8.97. The molecule has 2 N–H and O–H groups in total. The molecule has 0 aromatic heterocycles. The molecule has 1 rings (SSSR count). The Balaban J connectivity index is 2.25. The Labute approximate surface area is 75.5 Å². The van der Waals surface area contributed by atoms with Gasteiger partial charge >= 0.3 is 0 Å². The number of ether oxygens (including phenoxy) is 1. The van der Waals surface area contributed by atoms with Gasteiger partial charge in [-0.2, -0.15) is 0 Å². The molecule has 0 amide bonds. The Morgan fingerprint density at radius 2 is 1.92 bits per heavy atom. The van der Waals surface area contributed by atoms with Crippen LogP contribution in [0.4, 0.5) is 0 Å². The van der Waals surface area contributed by atoms with Crippen molar-refractivity contribution in [2.24, 2.45) is 11.7 Å². The van der Waals surface area contributed by atoms with Gasteiger partial charge in [0.05, 0.1) is 6.10 Å². The second-order valence-electron chi connectivity index (χ2n) is 3.84. The number of rotatable bonds is 3. The lowest BCUT2D eigenvalue weighted by Crippen LogP contribution is -2.33. The minimum Gasteiger partial charge on any atom is -0.381 e. The first-order valence-corrected chi connectivity index (χ1v) is 5.06. The van der Waals surface area contributed by atoms with Gasteiger partial charge in [0.25, 0.3) is 0 Å². The summed E-state index contributed by atoms with van der Waals surface area (Å²) in [5, 5.41) is 0. The van der Waals surface area contributed by atoms with Crippen LogP contribution in [0.2, 0.25) is 0 Å². The molecular weight excluding hydrogens is 150 g/mol. The van der Waals surface area contributed by atoms with Gasteiger partial charge in [0.15, 0.2) is 0 Å². The highest BCUT2D eigenvalue weighted by molar-refractivity contribution is 4.79. The number of hydrogen-bond donors (Lipinski definition) is 1. The van der Waals surface area contributed by atoms with Crippen molar-refractivity contribution in [3.05, 3.63) is 0 Å². The van der Waals surface area contributed by atoms with E-state index in [0.717, 1.165) is 12.3 Å². The SMILES string of the molecule is CCC(N)C1CCC(OC)CC1. The minimum absolute atomic E-state index is 0.419. The molecule has 2 heteroatoms. The van der Waals surface area contributed by atoms with E-state index in [-0.39, 0.29) is 0 Å². The van der Waals surface area contributed by atoms with Crippen molar-refractivity contribution in [1.29, 1.82) is 0 Å². The molecule has 1 aliphatic rings. The maximum Gasteiger partial charge on any atom is 0.0571 e. The predicted molar refractivity (Wildman–Crippen MR) is 51.0 cm³/mol. The van der Waals surface area contributed by atoms with Gasteiger partial charge in [0.2, 0.25) is 0 Å². The maximum atomic E-state index is 5.99. The maximum absolute atomic E-state index is 5.99. The van der Waals surface area contributed by atoms with Gasteiger partial charge < -0.3 is 10.5 Å². The molecule has 72 valence electrons. The first-order chi connectivity index (χ1) is 5.77. The van der Waals surface area contributed by atoms with Gasteiger partial charge in [0.1, 0.15) is 0 Å². The van der Waals surface area contributed by atoms with Gasteiger partial charge in [-0.15, -0.1) is 0 Å². The largest absolute Gasteiger partial charge is 0.381 e. The Kier molecular flexibility index (Phi) is 4.02. The Morgan fingerprint density at radius 3 is 2.33 bits per heavy atom. The van der Waals surface area contributed by atoms with Crippen LogP contribution in [0.25, 0.3) is 0 Å². The van der Waals surface area contributed by atoms with Crippen LogP contribution in [-0.2, 0) is 4.74 Å². The summed E-state index contributed by atoms with van der Waals surface area (Å²) in [5.74, 6) is 0.751. The van der Waals surface area contributed by atoms with Crippen molar-refractivity contribution in [3.63, 3.8) is 0 Å². The average molecular weight is 171 g/mol. The van der Waals surface area contributed by atoms with Crippen molar-refractivity contribution >= 4 is 0 Å². The summed E-state index contributed by atoms with van der Waals surface area (Å²) < 4.78 is 5.31. The molecule has 1 unspecified atom stereocenters. The lowest BCUT2D eigenvalue weighted by atomic mass is 9.82. The molecule has 0 aromatic rings. The minimum atomic E-state index is 0.419. The normalized spacial score (nSPS) is 33.2. The Hall–Kier alpha value is -0.0800. The molecule has 1 atom stereocenters. The number of hydrogen-bond acceptors (Lipinski definition) is 2. The third-order valence-corrected chi connectivity index (χ3v) is 3.13. The van der Waals surface area contributed by atoms with E-state index in [4.69, 9.17) is 10.5 Å². The molecule has 2 nitrogen and oxygen atoms in total. The van der Waals surface area contributed by atoms with Crippen molar-refractivity contribution in [2.75, 3.05) is 7.11 Å². The van der Waals surface area contributed by atoms with Gasteiger partial charge in [-0.1, -0.05) is 6.92 Å². The number of nitrogens with two attached hydrogens (primary N) is 1. The monoisotopic (exact) mass is 171 g/mol. The summed E-state index contributed by atoms with van der Waals surface area (Å²) in [6, 6.07) is 0.419. The van der Waals surface area contributed by atoms with Crippen LogP contribution in [0.5, 0.6) is 0 Å². The summed E-state index contributed by atoms with van der Waals surface area (Å²) >= 11 is 0.